The Balaban J connectivity index is 1.81. The summed E-state index contributed by atoms with van der Waals surface area (Å²) in [5, 5.41) is 14.9. The van der Waals surface area contributed by atoms with Gasteiger partial charge in [0, 0.05) is 18.3 Å². The number of aromatic nitrogens is 1. The number of thiazole rings is 1. The van der Waals surface area contributed by atoms with Crippen molar-refractivity contribution in [2.45, 2.75) is 45.4 Å². The number of aryl methyl sites for hydroxylation is 1. The highest BCUT2D eigenvalue weighted by molar-refractivity contribution is 7.13. The number of rotatable bonds is 7. The highest BCUT2D eigenvalue weighted by atomic mass is 32.1. The molecule has 1 fully saturated rings. The van der Waals surface area contributed by atoms with Crippen LogP contribution in [0.4, 0.5) is 5.13 Å². The summed E-state index contributed by atoms with van der Waals surface area (Å²) in [6, 6.07) is 0. The van der Waals surface area contributed by atoms with Crippen molar-refractivity contribution >= 4 is 22.4 Å². The molecule has 2 rings (SSSR count). The van der Waals surface area contributed by atoms with Crippen LogP contribution in [0.3, 0.4) is 0 Å². The topological polar surface area (TPSA) is 62.2 Å². The molecule has 0 aliphatic heterocycles. The number of carboxylic acid groups (broad SMARTS) is 1. The predicted molar refractivity (Wildman–Crippen MR) is 73.1 cm³/mol. The Bertz CT molecular complexity index is 407. The van der Waals surface area contributed by atoms with E-state index >= 15 is 0 Å². The summed E-state index contributed by atoms with van der Waals surface area (Å²) in [5.41, 5.74) is 1.36. The molecule has 4 nitrogen and oxygen atoms in total. The molecule has 0 aromatic carbocycles. The van der Waals surface area contributed by atoms with E-state index in [0.29, 0.717) is 11.8 Å². The van der Waals surface area contributed by atoms with Gasteiger partial charge < -0.3 is 10.4 Å². The van der Waals surface area contributed by atoms with Gasteiger partial charge in [0.05, 0.1) is 12.1 Å². The number of nitrogens with zero attached hydrogens (tertiary/aromatic N) is 1. The SMILES string of the molecule is CCC1(CNc2nc(CCC(=O)O)cs2)CCC1. The Hall–Kier alpha value is -1.10. The van der Waals surface area contributed by atoms with Gasteiger partial charge in [0.25, 0.3) is 0 Å². The maximum absolute atomic E-state index is 10.5. The highest BCUT2D eigenvalue weighted by Crippen LogP contribution is 2.43. The Labute approximate surface area is 111 Å². The smallest absolute Gasteiger partial charge is 0.303 e. The molecule has 1 heterocycles. The van der Waals surface area contributed by atoms with Crippen molar-refractivity contribution in [3.8, 4) is 0 Å². The first-order chi connectivity index (χ1) is 8.63. The van der Waals surface area contributed by atoms with Gasteiger partial charge in [-0.05, 0) is 24.7 Å². The van der Waals surface area contributed by atoms with Crippen LogP contribution in [0.15, 0.2) is 5.38 Å². The van der Waals surface area contributed by atoms with Crippen molar-refractivity contribution in [2.24, 2.45) is 5.41 Å². The van der Waals surface area contributed by atoms with Crippen LogP contribution in [0.5, 0.6) is 0 Å². The van der Waals surface area contributed by atoms with E-state index in [1.165, 1.54) is 25.7 Å². The summed E-state index contributed by atoms with van der Waals surface area (Å²) in [6.45, 7) is 3.25. The molecule has 1 aromatic rings. The van der Waals surface area contributed by atoms with E-state index in [9.17, 15) is 4.79 Å². The van der Waals surface area contributed by atoms with Gasteiger partial charge in [0.2, 0.25) is 0 Å². The second kappa shape index (κ2) is 5.69. The fourth-order valence-corrected chi connectivity index (χ4v) is 3.08. The first-order valence-electron chi connectivity index (χ1n) is 6.54. The average Bonchev–Trinajstić information content (AvgIpc) is 2.74. The molecule has 1 saturated carbocycles. The largest absolute Gasteiger partial charge is 0.481 e. The summed E-state index contributed by atoms with van der Waals surface area (Å²) < 4.78 is 0. The second-order valence-corrected chi connectivity index (χ2v) is 5.96. The van der Waals surface area contributed by atoms with E-state index < -0.39 is 5.97 Å². The summed E-state index contributed by atoms with van der Waals surface area (Å²) in [7, 11) is 0. The molecule has 1 aromatic heterocycles. The van der Waals surface area contributed by atoms with Crippen molar-refractivity contribution < 1.29 is 9.90 Å². The minimum Gasteiger partial charge on any atom is -0.481 e. The first-order valence-corrected chi connectivity index (χ1v) is 7.42. The molecule has 0 saturated heterocycles. The number of hydrogen-bond donors (Lipinski definition) is 2. The zero-order valence-electron chi connectivity index (χ0n) is 10.7. The summed E-state index contributed by atoms with van der Waals surface area (Å²) >= 11 is 1.57. The van der Waals surface area contributed by atoms with E-state index in [1.54, 1.807) is 11.3 Å². The quantitative estimate of drug-likeness (QED) is 0.797. The van der Waals surface area contributed by atoms with Gasteiger partial charge in [-0.3, -0.25) is 4.79 Å². The lowest BCUT2D eigenvalue weighted by atomic mass is 9.67. The van der Waals surface area contributed by atoms with Crippen LogP contribution >= 0.6 is 11.3 Å². The average molecular weight is 268 g/mol. The lowest BCUT2D eigenvalue weighted by molar-refractivity contribution is -0.136. The van der Waals surface area contributed by atoms with E-state index in [-0.39, 0.29) is 6.42 Å². The Kier molecular flexibility index (Phi) is 4.22. The first kappa shape index (κ1) is 13.3. The third-order valence-electron chi connectivity index (χ3n) is 3.93. The van der Waals surface area contributed by atoms with Crippen LogP contribution in [-0.2, 0) is 11.2 Å². The summed E-state index contributed by atoms with van der Waals surface area (Å²) in [4.78, 5) is 14.9. The molecule has 1 aliphatic rings. The Morgan fingerprint density at radius 1 is 1.61 bits per heavy atom. The molecule has 2 N–H and O–H groups in total. The monoisotopic (exact) mass is 268 g/mol. The molecular weight excluding hydrogens is 248 g/mol. The Morgan fingerprint density at radius 2 is 2.39 bits per heavy atom. The lowest BCUT2D eigenvalue weighted by Crippen LogP contribution is -2.35. The fourth-order valence-electron chi connectivity index (χ4n) is 2.33. The number of hydrogen-bond acceptors (Lipinski definition) is 4. The third-order valence-corrected chi connectivity index (χ3v) is 4.77. The number of nitrogens with one attached hydrogen (secondary N) is 1. The summed E-state index contributed by atoms with van der Waals surface area (Å²) in [5.74, 6) is -0.767. The molecule has 0 bridgehead atoms. The zero-order valence-corrected chi connectivity index (χ0v) is 11.6. The number of aliphatic carboxylic acids is 1. The van der Waals surface area contributed by atoms with Crippen molar-refractivity contribution in [1.82, 2.24) is 4.98 Å². The maximum Gasteiger partial charge on any atom is 0.303 e. The molecule has 0 spiro atoms. The lowest BCUT2D eigenvalue weighted by Gasteiger charge is -2.41. The molecule has 0 radical (unpaired) electrons. The van der Waals surface area contributed by atoms with E-state index in [2.05, 4.69) is 17.2 Å². The van der Waals surface area contributed by atoms with Gasteiger partial charge in [-0.2, -0.15) is 0 Å². The van der Waals surface area contributed by atoms with Crippen LogP contribution in [0.25, 0.3) is 0 Å². The molecule has 100 valence electrons. The highest BCUT2D eigenvalue weighted by Gasteiger charge is 2.34. The van der Waals surface area contributed by atoms with Crippen LogP contribution in [-0.4, -0.2) is 22.6 Å². The van der Waals surface area contributed by atoms with Crippen LogP contribution in [0, 0.1) is 5.41 Å². The Morgan fingerprint density at radius 3 is 2.94 bits per heavy atom. The van der Waals surface area contributed by atoms with Gasteiger partial charge in [-0.1, -0.05) is 13.3 Å². The molecule has 0 amide bonds. The summed E-state index contributed by atoms with van der Waals surface area (Å²) in [6.07, 6.45) is 5.87. The van der Waals surface area contributed by atoms with E-state index in [1.807, 2.05) is 5.38 Å². The van der Waals surface area contributed by atoms with Gasteiger partial charge in [-0.15, -0.1) is 11.3 Å². The van der Waals surface area contributed by atoms with Crippen molar-refractivity contribution in [2.75, 3.05) is 11.9 Å². The number of anilines is 1. The molecular formula is C13H20N2O2S. The van der Waals surface area contributed by atoms with Crippen LogP contribution < -0.4 is 5.32 Å². The fraction of sp³-hybridized carbons (Fsp3) is 0.692. The van der Waals surface area contributed by atoms with Crippen LogP contribution in [0.2, 0.25) is 0 Å². The second-order valence-electron chi connectivity index (χ2n) is 5.10. The van der Waals surface area contributed by atoms with Crippen molar-refractivity contribution in [3.63, 3.8) is 0 Å². The maximum atomic E-state index is 10.5. The predicted octanol–water partition coefficient (Wildman–Crippen LogP) is 3.15. The molecule has 5 heteroatoms. The standard InChI is InChI=1S/C13H20N2O2S/c1-2-13(6-3-7-13)9-14-12-15-10(8-18-12)4-5-11(16)17/h8H,2-7,9H2,1H3,(H,14,15)(H,16,17). The zero-order chi connectivity index (χ0) is 13.0. The third kappa shape index (κ3) is 3.22. The number of carbonyl (C=O) groups is 1. The minimum atomic E-state index is -0.767. The molecule has 1 aliphatic carbocycles. The molecule has 0 atom stereocenters. The number of carboxylic acids is 1. The molecule has 0 unspecified atom stereocenters. The van der Waals surface area contributed by atoms with E-state index in [0.717, 1.165) is 17.4 Å². The molecule has 18 heavy (non-hydrogen) atoms. The van der Waals surface area contributed by atoms with Crippen molar-refractivity contribution in [1.29, 1.82) is 0 Å². The van der Waals surface area contributed by atoms with Gasteiger partial charge in [0.15, 0.2) is 5.13 Å². The van der Waals surface area contributed by atoms with Gasteiger partial charge in [0.1, 0.15) is 0 Å². The van der Waals surface area contributed by atoms with E-state index in [4.69, 9.17) is 5.11 Å². The minimum absolute atomic E-state index is 0.155. The van der Waals surface area contributed by atoms with Crippen LogP contribution in [0.1, 0.15) is 44.7 Å². The van der Waals surface area contributed by atoms with Gasteiger partial charge in [-0.25, -0.2) is 4.98 Å². The van der Waals surface area contributed by atoms with Gasteiger partial charge >= 0.3 is 5.97 Å². The van der Waals surface area contributed by atoms with Crippen molar-refractivity contribution in [3.05, 3.63) is 11.1 Å². The normalized spacial score (nSPS) is 17.2.